The van der Waals surface area contributed by atoms with Crippen LogP contribution < -0.4 is 5.63 Å². The Bertz CT molecular complexity index is 1150. The van der Waals surface area contributed by atoms with Crippen molar-refractivity contribution in [2.24, 2.45) is 0 Å². The van der Waals surface area contributed by atoms with E-state index in [-0.39, 0.29) is 11.5 Å². The van der Waals surface area contributed by atoms with E-state index in [0.717, 1.165) is 22.3 Å². The molecule has 2 aromatic carbocycles. The lowest BCUT2D eigenvalue weighted by molar-refractivity contribution is 0.224. The van der Waals surface area contributed by atoms with E-state index in [1.807, 2.05) is 24.3 Å². The maximum absolute atomic E-state index is 12.0. The molecule has 0 fully saturated rings. The molecule has 0 aliphatic heterocycles. The van der Waals surface area contributed by atoms with Crippen LogP contribution in [0.5, 0.6) is 11.5 Å². The number of phenols is 2. The van der Waals surface area contributed by atoms with Crippen molar-refractivity contribution in [3.05, 3.63) is 94.2 Å². The van der Waals surface area contributed by atoms with Gasteiger partial charge in [-0.1, -0.05) is 18.2 Å². The van der Waals surface area contributed by atoms with Gasteiger partial charge < -0.3 is 19.0 Å². The van der Waals surface area contributed by atoms with E-state index in [4.69, 9.17) is 8.83 Å². The molecule has 28 heavy (non-hydrogen) atoms. The standard InChI is InChI=1S/C22H19NO5/c24-17-7-8-19-16(10-22(26)28-21(19)11-17)13-23(14-18-5-3-9-27-18)12-15-4-1-2-6-20(15)25/h1-11,24-25H,12-14H2. The molecule has 0 aliphatic rings. The molecule has 0 bridgehead atoms. The first kappa shape index (κ1) is 17.9. The molecule has 4 aromatic rings. The SMILES string of the molecule is O=c1cc(CN(Cc2ccco2)Cc2ccccc2O)c2ccc(O)cc2o1. The van der Waals surface area contributed by atoms with Gasteiger partial charge in [0, 0.05) is 36.2 Å². The maximum Gasteiger partial charge on any atom is 0.336 e. The minimum Gasteiger partial charge on any atom is -0.508 e. The normalized spacial score (nSPS) is 11.3. The van der Waals surface area contributed by atoms with Crippen molar-refractivity contribution in [3.8, 4) is 11.5 Å². The molecule has 4 rings (SSSR count). The van der Waals surface area contributed by atoms with Crippen LogP contribution in [0.4, 0.5) is 0 Å². The van der Waals surface area contributed by atoms with Gasteiger partial charge in [0.25, 0.3) is 0 Å². The molecular formula is C22H19NO5. The van der Waals surface area contributed by atoms with E-state index < -0.39 is 5.63 Å². The summed E-state index contributed by atoms with van der Waals surface area (Å²) in [6, 6.07) is 17.0. The lowest BCUT2D eigenvalue weighted by atomic mass is 10.1. The summed E-state index contributed by atoms with van der Waals surface area (Å²) in [5, 5.41) is 20.6. The quantitative estimate of drug-likeness (QED) is 0.494. The van der Waals surface area contributed by atoms with Gasteiger partial charge in [-0.3, -0.25) is 4.90 Å². The molecule has 0 unspecified atom stereocenters. The van der Waals surface area contributed by atoms with E-state index in [1.165, 1.54) is 12.1 Å². The first-order valence-corrected chi connectivity index (χ1v) is 8.86. The van der Waals surface area contributed by atoms with Gasteiger partial charge in [0.1, 0.15) is 22.8 Å². The van der Waals surface area contributed by atoms with Crippen LogP contribution in [0.2, 0.25) is 0 Å². The summed E-state index contributed by atoms with van der Waals surface area (Å²) in [4.78, 5) is 14.1. The van der Waals surface area contributed by atoms with Gasteiger partial charge in [0.15, 0.2) is 0 Å². The Hall–Kier alpha value is -3.51. The number of nitrogens with zero attached hydrogens (tertiary/aromatic N) is 1. The highest BCUT2D eigenvalue weighted by molar-refractivity contribution is 5.81. The van der Waals surface area contributed by atoms with Crippen LogP contribution in [0.25, 0.3) is 11.0 Å². The molecule has 2 aromatic heterocycles. The van der Waals surface area contributed by atoms with E-state index in [9.17, 15) is 15.0 Å². The minimum absolute atomic E-state index is 0.0365. The summed E-state index contributed by atoms with van der Waals surface area (Å²) in [5.74, 6) is 1.03. The van der Waals surface area contributed by atoms with Gasteiger partial charge in [-0.2, -0.15) is 0 Å². The van der Waals surface area contributed by atoms with Crippen molar-refractivity contribution in [1.29, 1.82) is 0 Å². The molecule has 0 saturated heterocycles. The summed E-state index contributed by atoms with van der Waals surface area (Å²) in [6.07, 6.45) is 1.61. The van der Waals surface area contributed by atoms with E-state index in [2.05, 4.69) is 4.90 Å². The van der Waals surface area contributed by atoms with Crippen molar-refractivity contribution >= 4 is 11.0 Å². The molecule has 0 saturated carbocycles. The third-order valence-corrected chi connectivity index (χ3v) is 4.55. The molecule has 2 heterocycles. The summed E-state index contributed by atoms with van der Waals surface area (Å²) in [7, 11) is 0. The van der Waals surface area contributed by atoms with Crippen LogP contribution in [0.3, 0.4) is 0 Å². The van der Waals surface area contributed by atoms with Gasteiger partial charge in [-0.25, -0.2) is 4.79 Å². The molecule has 142 valence electrons. The second-order valence-electron chi connectivity index (χ2n) is 6.62. The summed E-state index contributed by atoms with van der Waals surface area (Å²) in [6.45, 7) is 1.40. The zero-order valence-electron chi connectivity index (χ0n) is 15.0. The number of para-hydroxylation sites is 1. The number of rotatable bonds is 6. The van der Waals surface area contributed by atoms with Crippen LogP contribution in [0.1, 0.15) is 16.9 Å². The Labute approximate surface area is 160 Å². The number of phenolic OH excluding ortho intramolecular Hbond substituents is 2. The Balaban J connectivity index is 1.70. The summed E-state index contributed by atoms with van der Waals surface area (Å²) >= 11 is 0. The maximum atomic E-state index is 12.0. The van der Waals surface area contributed by atoms with Crippen molar-refractivity contribution in [2.75, 3.05) is 0 Å². The van der Waals surface area contributed by atoms with Crippen LogP contribution in [0.15, 0.2) is 80.6 Å². The Morgan fingerprint density at radius 3 is 2.46 bits per heavy atom. The molecule has 0 atom stereocenters. The number of furan rings is 1. The Kier molecular flexibility index (Phi) is 4.87. The molecule has 0 radical (unpaired) electrons. The van der Waals surface area contributed by atoms with E-state index in [0.29, 0.717) is 25.2 Å². The number of hydrogen-bond acceptors (Lipinski definition) is 6. The summed E-state index contributed by atoms with van der Waals surface area (Å²) in [5.41, 5.74) is 1.41. The molecule has 0 amide bonds. The van der Waals surface area contributed by atoms with Crippen LogP contribution in [-0.4, -0.2) is 15.1 Å². The highest BCUT2D eigenvalue weighted by Gasteiger charge is 2.15. The van der Waals surface area contributed by atoms with Crippen LogP contribution in [-0.2, 0) is 19.6 Å². The van der Waals surface area contributed by atoms with Crippen LogP contribution >= 0.6 is 0 Å². The fraction of sp³-hybridized carbons (Fsp3) is 0.136. The van der Waals surface area contributed by atoms with Gasteiger partial charge >= 0.3 is 5.63 Å². The Morgan fingerprint density at radius 2 is 1.68 bits per heavy atom. The molecule has 6 heteroatoms. The average molecular weight is 377 g/mol. The average Bonchev–Trinajstić information content (AvgIpc) is 3.16. The van der Waals surface area contributed by atoms with Crippen molar-refractivity contribution in [1.82, 2.24) is 4.90 Å². The largest absolute Gasteiger partial charge is 0.508 e. The lowest BCUT2D eigenvalue weighted by Crippen LogP contribution is -2.23. The molecular weight excluding hydrogens is 358 g/mol. The van der Waals surface area contributed by atoms with Gasteiger partial charge in [-0.05, 0) is 35.9 Å². The minimum atomic E-state index is -0.478. The third kappa shape index (κ3) is 3.92. The van der Waals surface area contributed by atoms with Crippen molar-refractivity contribution in [3.63, 3.8) is 0 Å². The smallest absolute Gasteiger partial charge is 0.336 e. The fourth-order valence-electron chi connectivity index (χ4n) is 3.27. The second-order valence-corrected chi connectivity index (χ2v) is 6.62. The first-order valence-electron chi connectivity index (χ1n) is 8.86. The van der Waals surface area contributed by atoms with Crippen molar-refractivity contribution in [2.45, 2.75) is 19.6 Å². The number of benzene rings is 2. The van der Waals surface area contributed by atoms with Gasteiger partial charge in [0.05, 0.1) is 12.8 Å². The van der Waals surface area contributed by atoms with Crippen molar-refractivity contribution < 1.29 is 19.0 Å². The first-order chi connectivity index (χ1) is 13.6. The zero-order valence-corrected chi connectivity index (χ0v) is 15.0. The number of aromatic hydroxyl groups is 2. The zero-order chi connectivity index (χ0) is 19.5. The van der Waals surface area contributed by atoms with E-state index in [1.54, 1.807) is 30.5 Å². The van der Waals surface area contributed by atoms with Gasteiger partial charge in [0.2, 0.25) is 0 Å². The molecule has 2 N–H and O–H groups in total. The summed E-state index contributed by atoms with van der Waals surface area (Å²) < 4.78 is 10.7. The highest BCUT2D eigenvalue weighted by Crippen LogP contribution is 2.25. The van der Waals surface area contributed by atoms with Crippen LogP contribution in [0, 0.1) is 0 Å². The Morgan fingerprint density at radius 1 is 0.857 bits per heavy atom. The predicted octanol–water partition coefficient (Wildman–Crippen LogP) is 4.00. The lowest BCUT2D eigenvalue weighted by Gasteiger charge is -2.22. The van der Waals surface area contributed by atoms with E-state index >= 15 is 0 Å². The predicted molar refractivity (Wildman–Crippen MR) is 104 cm³/mol. The third-order valence-electron chi connectivity index (χ3n) is 4.55. The van der Waals surface area contributed by atoms with Gasteiger partial charge in [-0.15, -0.1) is 0 Å². The fourth-order valence-corrected chi connectivity index (χ4v) is 3.27. The molecule has 0 aliphatic carbocycles. The molecule has 0 spiro atoms. The molecule has 6 nitrogen and oxygen atoms in total. The second kappa shape index (κ2) is 7.62. The highest BCUT2D eigenvalue weighted by atomic mass is 16.4. The number of hydrogen-bond donors (Lipinski definition) is 2. The topological polar surface area (TPSA) is 87.1 Å². The monoisotopic (exact) mass is 377 g/mol. The number of fused-ring (bicyclic) bond motifs is 1.